The number of hydrogen-bond donors (Lipinski definition) is 1. The Morgan fingerprint density at radius 1 is 1.17 bits per heavy atom. The molecule has 23 heavy (non-hydrogen) atoms. The van der Waals surface area contributed by atoms with Gasteiger partial charge in [0.05, 0.1) is 13.2 Å². The van der Waals surface area contributed by atoms with Crippen LogP contribution in [0, 0.1) is 0 Å². The summed E-state index contributed by atoms with van der Waals surface area (Å²) in [5.41, 5.74) is 0.194. The van der Waals surface area contributed by atoms with Gasteiger partial charge in [0.15, 0.2) is 0 Å². The van der Waals surface area contributed by atoms with Gasteiger partial charge in [-0.2, -0.15) is 0 Å². The van der Waals surface area contributed by atoms with E-state index in [1.807, 2.05) is 0 Å². The maximum Gasteiger partial charge on any atom is 0.411 e. The number of hydrogen-bond acceptors (Lipinski definition) is 5. The van der Waals surface area contributed by atoms with E-state index in [0.29, 0.717) is 12.8 Å². The van der Waals surface area contributed by atoms with E-state index in [1.54, 1.807) is 45.0 Å². The van der Waals surface area contributed by atoms with Crippen molar-refractivity contribution in [3.8, 4) is 5.75 Å². The number of aromatic hydroxyl groups is 1. The second kappa shape index (κ2) is 6.48. The molecule has 1 aromatic carbocycles. The zero-order chi connectivity index (χ0) is 17.2. The van der Waals surface area contributed by atoms with Crippen molar-refractivity contribution in [2.75, 3.05) is 7.11 Å². The standard InChI is InChI=1S/C17H23NO5/c1-17(2,3)23-16(21)18-13(9-10-14(18)15(20)22-4)11-5-7-12(19)8-6-11/h5-8,13-14,19H,9-10H2,1-4H3/t13-,14?/m1/s1. The van der Waals surface area contributed by atoms with Crippen LogP contribution in [0.25, 0.3) is 0 Å². The first-order valence-electron chi connectivity index (χ1n) is 7.61. The number of ether oxygens (including phenoxy) is 2. The molecule has 1 aliphatic heterocycles. The second-order valence-electron chi connectivity index (χ2n) is 6.61. The van der Waals surface area contributed by atoms with E-state index in [4.69, 9.17) is 9.47 Å². The number of phenolic OH excluding ortho intramolecular Hbond substituents is 1. The molecule has 1 unspecified atom stereocenters. The third-order valence-electron chi connectivity index (χ3n) is 3.74. The van der Waals surface area contributed by atoms with Gasteiger partial charge in [-0.3, -0.25) is 4.90 Å². The van der Waals surface area contributed by atoms with Crippen LogP contribution in [0.5, 0.6) is 5.75 Å². The van der Waals surface area contributed by atoms with E-state index in [9.17, 15) is 14.7 Å². The number of methoxy groups -OCH3 is 1. The highest BCUT2D eigenvalue weighted by atomic mass is 16.6. The monoisotopic (exact) mass is 321 g/mol. The van der Waals surface area contributed by atoms with Crippen molar-refractivity contribution in [2.45, 2.75) is 51.3 Å². The molecule has 126 valence electrons. The van der Waals surface area contributed by atoms with Crippen LogP contribution < -0.4 is 0 Å². The lowest BCUT2D eigenvalue weighted by Crippen LogP contribution is -2.44. The van der Waals surface area contributed by atoms with Crippen molar-refractivity contribution < 1.29 is 24.2 Å². The van der Waals surface area contributed by atoms with Gasteiger partial charge >= 0.3 is 12.1 Å². The Labute approximate surface area is 136 Å². The van der Waals surface area contributed by atoms with Crippen molar-refractivity contribution in [3.63, 3.8) is 0 Å². The molecule has 1 saturated heterocycles. The summed E-state index contributed by atoms with van der Waals surface area (Å²) in [5, 5.41) is 9.43. The highest BCUT2D eigenvalue weighted by Crippen LogP contribution is 2.38. The maximum absolute atomic E-state index is 12.6. The average molecular weight is 321 g/mol. The molecule has 1 amide bonds. The van der Waals surface area contributed by atoms with E-state index in [2.05, 4.69) is 0 Å². The molecule has 1 heterocycles. The van der Waals surface area contributed by atoms with Gasteiger partial charge in [-0.05, 0) is 51.3 Å². The molecule has 0 spiro atoms. The summed E-state index contributed by atoms with van der Waals surface area (Å²) >= 11 is 0. The van der Waals surface area contributed by atoms with Gasteiger partial charge in [0.1, 0.15) is 17.4 Å². The van der Waals surface area contributed by atoms with Crippen molar-refractivity contribution >= 4 is 12.1 Å². The molecule has 0 aliphatic carbocycles. The fraction of sp³-hybridized carbons (Fsp3) is 0.529. The van der Waals surface area contributed by atoms with Crippen LogP contribution >= 0.6 is 0 Å². The Hall–Kier alpha value is -2.24. The van der Waals surface area contributed by atoms with Gasteiger partial charge in [-0.1, -0.05) is 12.1 Å². The highest BCUT2D eigenvalue weighted by molar-refractivity contribution is 5.82. The largest absolute Gasteiger partial charge is 0.508 e. The summed E-state index contributed by atoms with van der Waals surface area (Å²) < 4.78 is 10.3. The van der Waals surface area contributed by atoms with Crippen LogP contribution in [-0.2, 0) is 14.3 Å². The molecule has 1 N–H and O–H groups in total. The zero-order valence-corrected chi connectivity index (χ0v) is 13.9. The van der Waals surface area contributed by atoms with Crippen LogP contribution in [0.1, 0.15) is 45.2 Å². The van der Waals surface area contributed by atoms with Gasteiger partial charge in [-0.15, -0.1) is 0 Å². The number of rotatable bonds is 2. The Morgan fingerprint density at radius 3 is 2.30 bits per heavy atom. The Balaban J connectivity index is 2.31. The minimum absolute atomic E-state index is 0.153. The summed E-state index contributed by atoms with van der Waals surface area (Å²) in [7, 11) is 1.31. The Kier molecular flexibility index (Phi) is 4.82. The Morgan fingerprint density at radius 2 is 1.78 bits per heavy atom. The lowest BCUT2D eigenvalue weighted by Gasteiger charge is -2.31. The number of carbonyl (C=O) groups excluding carboxylic acids is 2. The zero-order valence-electron chi connectivity index (χ0n) is 13.9. The third-order valence-corrected chi connectivity index (χ3v) is 3.74. The maximum atomic E-state index is 12.6. The van der Waals surface area contributed by atoms with Crippen molar-refractivity contribution in [3.05, 3.63) is 29.8 Å². The molecule has 0 bridgehead atoms. The number of nitrogens with zero attached hydrogens (tertiary/aromatic N) is 1. The van der Waals surface area contributed by atoms with E-state index in [1.165, 1.54) is 12.0 Å². The number of benzene rings is 1. The van der Waals surface area contributed by atoms with Gasteiger partial charge < -0.3 is 14.6 Å². The number of likely N-dealkylation sites (tertiary alicyclic amines) is 1. The quantitative estimate of drug-likeness (QED) is 0.847. The molecule has 1 aliphatic rings. The SMILES string of the molecule is COC(=O)C1CC[C@H](c2ccc(O)cc2)N1C(=O)OC(C)(C)C. The summed E-state index contributed by atoms with van der Waals surface area (Å²) in [5.74, 6) is -0.294. The summed E-state index contributed by atoms with van der Waals surface area (Å²) in [6.45, 7) is 5.34. The molecular formula is C17H23NO5. The summed E-state index contributed by atoms with van der Waals surface area (Å²) in [6.07, 6.45) is 0.602. The molecular weight excluding hydrogens is 298 g/mol. The van der Waals surface area contributed by atoms with E-state index >= 15 is 0 Å². The van der Waals surface area contributed by atoms with Crippen LogP contribution in [0.2, 0.25) is 0 Å². The highest BCUT2D eigenvalue weighted by Gasteiger charge is 2.44. The van der Waals surface area contributed by atoms with Crippen LogP contribution in [0.4, 0.5) is 4.79 Å². The molecule has 0 aromatic heterocycles. The molecule has 0 radical (unpaired) electrons. The molecule has 1 aromatic rings. The van der Waals surface area contributed by atoms with Crippen molar-refractivity contribution in [1.82, 2.24) is 4.90 Å². The van der Waals surface area contributed by atoms with Gasteiger partial charge in [0.25, 0.3) is 0 Å². The topological polar surface area (TPSA) is 76.1 Å². The van der Waals surface area contributed by atoms with Crippen molar-refractivity contribution in [2.24, 2.45) is 0 Å². The average Bonchev–Trinajstić information content (AvgIpc) is 2.90. The van der Waals surface area contributed by atoms with Crippen LogP contribution in [0.3, 0.4) is 0 Å². The predicted molar refractivity (Wildman–Crippen MR) is 84.0 cm³/mol. The Bertz CT molecular complexity index is 576. The molecule has 0 saturated carbocycles. The second-order valence-corrected chi connectivity index (χ2v) is 6.61. The molecule has 2 atom stereocenters. The van der Waals surface area contributed by atoms with Crippen LogP contribution in [0.15, 0.2) is 24.3 Å². The van der Waals surface area contributed by atoms with E-state index < -0.39 is 23.7 Å². The predicted octanol–water partition coefficient (Wildman–Crippen LogP) is 3.01. The third kappa shape index (κ3) is 3.94. The lowest BCUT2D eigenvalue weighted by molar-refractivity contribution is -0.146. The number of esters is 1. The van der Waals surface area contributed by atoms with Crippen molar-refractivity contribution in [1.29, 1.82) is 0 Å². The van der Waals surface area contributed by atoms with Crippen LogP contribution in [-0.4, -0.2) is 40.8 Å². The van der Waals surface area contributed by atoms with E-state index in [-0.39, 0.29) is 11.8 Å². The first-order chi connectivity index (χ1) is 10.7. The summed E-state index contributed by atoms with van der Waals surface area (Å²) in [6, 6.07) is 5.68. The minimum atomic E-state index is -0.659. The van der Waals surface area contributed by atoms with Gasteiger partial charge in [0.2, 0.25) is 0 Å². The fourth-order valence-electron chi connectivity index (χ4n) is 2.77. The number of amides is 1. The first kappa shape index (κ1) is 17.1. The molecule has 1 fully saturated rings. The lowest BCUT2D eigenvalue weighted by atomic mass is 10.0. The van der Waals surface area contributed by atoms with Gasteiger partial charge in [-0.25, -0.2) is 9.59 Å². The number of phenols is 1. The normalized spacial score (nSPS) is 21.1. The summed E-state index contributed by atoms with van der Waals surface area (Å²) in [4.78, 5) is 26.1. The number of carbonyl (C=O) groups is 2. The smallest absolute Gasteiger partial charge is 0.411 e. The fourth-order valence-corrected chi connectivity index (χ4v) is 2.77. The van der Waals surface area contributed by atoms with Gasteiger partial charge in [0, 0.05) is 0 Å². The minimum Gasteiger partial charge on any atom is -0.508 e. The van der Waals surface area contributed by atoms with E-state index in [0.717, 1.165) is 5.56 Å². The molecule has 6 heteroatoms. The first-order valence-corrected chi connectivity index (χ1v) is 7.61. The molecule has 2 rings (SSSR count). The molecule has 6 nitrogen and oxygen atoms in total.